The molecule has 3 N–H and O–H groups in total. The number of sulfonamides is 1. The first-order valence-corrected chi connectivity index (χ1v) is 10.7. The highest BCUT2D eigenvalue weighted by atomic mass is 32.2. The van der Waals surface area contributed by atoms with Gasteiger partial charge in [0, 0.05) is 17.6 Å². The van der Waals surface area contributed by atoms with E-state index in [1.807, 2.05) is 32.0 Å². The van der Waals surface area contributed by atoms with Crippen LogP contribution in [0.15, 0.2) is 23.2 Å². The molecule has 1 rings (SSSR count). The smallest absolute Gasteiger partial charge is 0.209 e. The quantitative estimate of drug-likeness (QED) is 0.430. The number of ether oxygens (including phenoxy) is 2. The van der Waals surface area contributed by atoms with E-state index in [4.69, 9.17) is 9.47 Å². The molecule has 1 aromatic rings. The molecule has 1 unspecified atom stereocenters. The van der Waals surface area contributed by atoms with Gasteiger partial charge >= 0.3 is 0 Å². The van der Waals surface area contributed by atoms with Crippen molar-refractivity contribution in [1.29, 1.82) is 0 Å². The van der Waals surface area contributed by atoms with E-state index in [1.165, 1.54) is 0 Å². The lowest BCUT2D eigenvalue weighted by atomic mass is 10.1. The standard InChI is InChI=1S/C18H32N4O4S/c1-8-19-17(20-12-18(3,4)22-27(7,23)24)21-13(2)15-11-14(25-5)9-10-16(15)26-6/h9-11,13,22H,8,12H2,1-7H3,(H2,19,20,21). The number of nitrogens with one attached hydrogen (secondary N) is 3. The van der Waals surface area contributed by atoms with Gasteiger partial charge < -0.3 is 20.1 Å². The van der Waals surface area contributed by atoms with Gasteiger partial charge in [-0.2, -0.15) is 0 Å². The molecule has 0 radical (unpaired) electrons. The number of hydrogen-bond donors (Lipinski definition) is 3. The van der Waals surface area contributed by atoms with Crippen molar-refractivity contribution < 1.29 is 17.9 Å². The maximum absolute atomic E-state index is 11.5. The fraction of sp³-hybridized carbons (Fsp3) is 0.611. The Bertz CT molecular complexity index is 748. The molecular weight excluding hydrogens is 368 g/mol. The lowest BCUT2D eigenvalue weighted by Gasteiger charge is -2.25. The Balaban J connectivity index is 2.99. The number of methoxy groups -OCH3 is 2. The molecule has 0 spiro atoms. The molecule has 0 fully saturated rings. The second-order valence-corrected chi connectivity index (χ2v) is 8.68. The predicted octanol–water partition coefficient (Wildman–Crippen LogP) is 1.65. The first kappa shape index (κ1) is 23.0. The lowest BCUT2D eigenvalue weighted by molar-refractivity contribution is 0.394. The number of rotatable bonds is 9. The number of benzene rings is 1. The average molecular weight is 401 g/mol. The fourth-order valence-corrected chi connectivity index (χ4v) is 3.66. The van der Waals surface area contributed by atoms with Crippen LogP contribution in [0.2, 0.25) is 0 Å². The van der Waals surface area contributed by atoms with E-state index in [0.29, 0.717) is 12.5 Å². The molecule has 9 heteroatoms. The van der Waals surface area contributed by atoms with Gasteiger partial charge in [-0.05, 0) is 45.9 Å². The molecule has 0 saturated carbocycles. The maximum atomic E-state index is 11.5. The van der Waals surface area contributed by atoms with Gasteiger partial charge in [0.1, 0.15) is 11.5 Å². The summed E-state index contributed by atoms with van der Waals surface area (Å²) in [7, 11) is -0.0764. The van der Waals surface area contributed by atoms with Crippen LogP contribution >= 0.6 is 0 Å². The van der Waals surface area contributed by atoms with Crippen molar-refractivity contribution in [1.82, 2.24) is 15.4 Å². The van der Waals surface area contributed by atoms with Gasteiger partial charge in [0.05, 0.1) is 33.1 Å². The van der Waals surface area contributed by atoms with Gasteiger partial charge in [-0.25, -0.2) is 13.1 Å². The van der Waals surface area contributed by atoms with Crippen LogP contribution in [0.5, 0.6) is 11.5 Å². The van der Waals surface area contributed by atoms with Crippen LogP contribution in [0.4, 0.5) is 0 Å². The Labute approximate surface area is 162 Å². The normalized spacial score (nSPS) is 13.8. The van der Waals surface area contributed by atoms with E-state index in [-0.39, 0.29) is 12.6 Å². The molecule has 0 aliphatic heterocycles. The number of nitrogens with zero attached hydrogens (tertiary/aromatic N) is 1. The monoisotopic (exact) mass is 400 g/mol. The SMILES string of the molecule is CCNC(=NCC(C)(C)NS(C)(=O)=O)NC(C)c1cc(OC)ccc1OC. The largest absolute Gasteiger partial charge is 0.497 e. The second kappa shape index (κ2) is 9.80. The van der Waals surface area contributed by atoms with E-state index >= 15 is 0 Å². The Kier molecular flexibility index (Phi) is 8.36. The summed E-state index contributed by atoms with van der Waals surface area (Å²) in [5.74, 6) is 2.06. The molecule has 27 heavy (non-hydrogen) atoms. The van der Waals surface area contributed by atoms with Crippen LogP contribution in [-0.4, -0.2) is 53.5 Å². The number of guanidine groups is 1. The highest BCUT2D eigenvalue weighted by Crippen LogP contribution is 2.29. The zero-order chi connectivity index (χ0) is 20.7. The van der Waals surface area contributed by atoms with Crippen molar-refractivity contribution in [2.45, 2.75) is 39.3 Å². The summed E-state index contributed by atoms with van der Waals surface area (Å²) < 4.78 is 36.3. The summed E-state index contributed by atoms with van der Waals surface area (Å²) in [5.41, 5.74) is 0.225. The maximum Gasteiger partial charge on any atom is 0.209 e. The zero-order valence-electron chi connectivity index (χ0n) is 17.2. The molecule has 0 aliphatic carbocycles. The van der Waals surface area contributed by atoms with Crippen LogP contribution < -0.4 is 24.8 Å². The summed E-state index contributed by atoms with van der Waals surface area (Å²) in [4.78, 5) is 4.53. The summed E-state index contributed by atoms with van der Waals surface area (Å²) in [6.45, 7) is 8.48. The van der Waals surface area contributed by atoms with Crippen LogP contribution in [0.1, 0.15) is 39.3 Å². The van der Waals surface area contributed by atoms with Crippen LogP contribution in [-0.2, 0) is 10.0 Å². The Morgan fingerprint density at radius 2 is 1.93 bits per heavy atom. The van der Waals surface area contributed by atoms with Gasteiger partial charge in [0.15, 0.2) is 5.96 Å². The van der Waals surface area contributed by atoms with E-state index in [1.54, 1.807) is 28.1 Å². The van der Waals surface area contributed by atoms with Crippen molar-refractivity contribution in [3.8, 4) is 11.5 Å². The van der Waals surface area contributed by atoms with Gasteiger partial charge in [-0.3, -0.25) is 4.99 Å². The molecule has 0 amide bonds. The molecule has 0 bridgehead atoms. The van der Waals surface area contributed by atoms with Crippen molar-refractivity contribution in [2.75, 3.05) is 33.6 Å². The van der Waals surface area contributed by atoms with Gasteiger partial charge in [0.2, 0.25) is 10.0 Å². The molecule has 8 nitrogen and oxygen atoms in total. The van der Waals surface area contributed by atoms with Crippen molar-refractivity contribution >= 4 is 16.0 Å². The fourth-order valence-electron chi connectivity index (χ4n) is 2.59. The van der Waals surface area contributed by atoms with Crippen LogP contribution in [0.25, 0.3) is 0 Å². The minimum Gasteiger partial charge on any atom is -0.497 e. The Morgan fingerprint density at radius 3 is 2.44 bits per heavy atom. The summed E-state index contributed by atoms with van der Waals surface area (Å²) in [6.07, 6.45) is 1.14. The van der Waals surface area contributed by atoms with Gasteiger partial charge in [-0.1, -0.05) is 0 Å². The topological polar surface area (TPSA) is 101 Å². The van der Waals surface area contributed by atoms with E-state index < -0.39 is 15.6 Å². The number of hydrogen-bond acceptors (Lipinski definition) is 5. The first-order chi connectivity index (χ1) is 12.5. The Hall–Kier alpha value is -2.00. The second-order valence-electron chi connectivity index (χ2n) is 6.93. The molecule has 0 heterocycles. The molecule has 154 valence electrons. The average Bonchev–Trinajstić information content (AvgIpc) is 2.57. The summed E-state index contributed by atoms with van der Waals surface area (Å²) in [6, 6.07) is 5.50. The van der Waals surface area contributed by atoms with Crippen molar-refractivity contribution in [2.24, 2.45) is 4.99 Å². The molecule has 0 aliphatic rings. The minimum atomic E-state index is -3.32. The highest BCUT2D eigenvalue weighted by molar-refractivity contribution is 7.88. The molecule has 1 atom stereocenters. The Morgan fingerprint density at radius 1 is 1.26 bits per heavy atom. The first-order valence-electron chi connectivity index (χ1n) is 8.77. The van der Waals surface area contributed by atoms with E-state index in [9.17, 15) is 8.42 Å². The molecule has 0 aromatic heterocycles. The molecular formula is C18H32N4O4S. The van der Waals surface area contributed by atoms with Crippen LogP contribution in [0, 0.1) is 0 Å². The zero-order valence-corrected chi connectivity index (χ0v) is 18.0. The third-order valence-corrected chi connectivity index (χ3v) is 4.62. The third kappa shape index (κ3) is 8.04. The summed E-state index contributed by atoms with van der Waals surface area (Å²) >= 11 is 0. The van der Waals surface area contributed by atoms with Crippen LogP contribution in [0.3, 0.4) is 0 Å². The van der Waals surface area contributed by atoms with Gasteiger partial charge in [-0.15, -0.1) is 0 Å². The van der Waals surface area contributed by atoms with Crippen molar-refractivity contribution in [3.63, 3.8) is 0 Å². The molecule has 0 saturated heterocycles. The third-order valence-electron chi connectivity index (χ3n) is 3.69. The number of aliphatic imine (C=N–C) groups is 1. The highest BCUT2D eigenvalue weighted by Gasteiger charge is 2.22. The van der Waals surface area contributed by atoms with Gasteiger partial charge in [0.25, 0.3) is 0 Å². The van der Waals surface area contributed by atoms with E-state index in [2.05, 4.69) is 20.3 Å². The van der Waals surface area contributed by atoms with E-state index in [0.717, 1.165) is 23.3 Å². The lowest BCUT2D eigenvalue weighted by Crippen LogP contribution is -2.47. The molecule has 1 aromatic carbocycles. The minimum absolute atomic E-state index is 0.112. The summed E-state index contributed by atoms with van der Waals surface area (Å²) in [5, 5.41) is 6.50. The van der Waals surface area contributed by atoms with Crippen molar-refractivity contribution in [3.05, 3.63) is 23.8 Å². The predicted molar refractivity (Wildman–Crippen MR) is 109 cm³/mol.